The number of hydrogen-bond donors (Lipinski definition) is 2. The predicted molar refractivity (Wildman–Crippen MR) is 74.5 cm³/mol. The molecule has 2 amide bonds. The zero-order chi connectivity index (χ0) is 16.0. The molecule has 0 aliphatic carbocycles. The molecule has 1 aromatic rings. The Kier molecular flexibility index (Phi) is 6.15. The van der Waals surface area contributed by atoms with Gasteiger partial charge in [-0.05, 0) is 13.8 Å². The van der Waals surface area contributed by atoms with E-state index in [-0.39, 0.29) is 11.8 Å². The Morgan fingerprint density at radius 1 is 1.43 bits per heavy atom. The van der Waals surface area contributed by atoms with Crippen molar-refractivity contribution in [3.63, 3.8) is 0 Å². The number of amides is 2. The highest BCUT2D eigenvalue weighted by Gasteiger charge is 2.20. The molecule has 10 heteroatoms. The van der Waals surface area contributed by atoms with Gasteiger partial charge in [0.2, 0.25) is 11.8 Å². The van der Waals surface area contributed by atoms with Crippen LogP contribution in [-0.4, -0.2) is 61.4 Å². The molecule has 116 valence electrons. The first-order valence-electron chi connectivity index (χ1n) is 6.11. The van der Waals surface area contributed by atoms with Gasteiger partial charge in [0.15, 0.2) is 5.16 Å². The maximum atomic E-state index is 12.0. The number of nitrogens with two attached hydrogens (primary N) is 1. The normalized spacial score (nSPS) is 10.6. The Morgan fingerprint density at radius 2 is 2.10 bits per heavy atom. The number of primary amides is 1. The summed E-state index contributed by atoms with van der Waals surface area (Å²) in [5.41, 5.74) is 5.00. The molecule has 0 unspecified atom stereocenters. The van der Waals surface area contributed by atoms with E-state index in [0.717, 1.165) is 16.7 Å². The fraction of sp³-hybridized carbons (Fsp3) is 0.545. The van der Waals surface area contributed by atoms with Crippen LogP contribution in [0.3, 0.4) is 0 Å². The number of aromatic nitrogens is 3. The lowest BCUT2D eigenvalue weighted by molar-refractivity contribution is -0.144. The van der Waals surface area contributed by atoms with Crippen molar-refractivity contribution in [2.75, 3.05) is 18.8 Å². The maximum Gasteiger partial charge on any atom is 0.323 e. The largest absolute Gasteiger partial charge is 0.480 e. The molecule has 0 bridgehead atoms. The summed E-state index contributed by atoms with van der Waals surface area (Å²) >= 11 is 1.13. The summed E-state index contributed by atoms with van der Waals surface area (Å²) in [6.07, 6.45) is 1.55. The lowest BCUT2D eigenvalue weighted by atomic mass is 10.4. The first kappa shape index (κ1) is 17.0. The third-order valence-electron chi connectivity index (χ3n) is 2.45. The van der Waals surface area contributed by atoms with Crippen LogP contribution in [-0.2, 0) is 14.4 Å². The molecule has 0 aliphatic heterocycles. The summed E-state index contributed by atoms with van der Waals surface area (Å²) < 4.78 is 1.79. The average molecular weight is 315 g/mol. The monoisotopic (exact) mass is 315 g/mol. The van der Waals surface area contributed by atoms with Gasteiger partial charge in [0.25, 0.3) is 0 Å². The van der Waals surface area contributed by atoms with Gasteiger partial charge < -0.3 is 20.3 Å². The van der Waals surface area contributed by atoms with Crippen LogP contribution in [0.15, 0.2) is 11.5 Å². The second-order valence-electron chi connectivity index (χ2n) is 4.51. The fourth-order valence-electron chi connectivity index (χ4n) is 1.49. The van der Waals surface area contributed by atoms with E-state index in [0.29, 0.717) is 5.16 Å². The molecule has 3 N–H and O–H groups in total. The van der Waals surface area contributed by atoms with Crippen LogP contribution in [0.2, 0.25) is 0 Å². The second kappa shape index (κ2) is 7.62. The number of nitrogens with zero attached hydrogens (tertiary/aromatic N) is 4. The molecule has 0 saturated carbocycles. The molecular formula is C11H17N5O4S. The van der Waals surface area contributed by atoms with Crippen molar-refractivity contribution in [3.05, 3.63) is 6.33 Å². The van der Waals surface area contributed by atoms with Crippen LogP contribution in [0.25, 0.3) is 0 Å². The van der Waals surface area contributed by atoms with Crippen molar-refractivity contribution < 1.29 is 19.5 Å². The van der Waals surface area contributed by atoms with E-state index in [1.54, 1.807) is 10.9 Å². The Morgan fingerprint density at radius 3 is 2.62 bits per heavy atom. The summed E-state index contributed by atoms with van der Waals surface area (Å²) in [6.45, 7) is 2.89. The van der Waals surface area contributed by atoms with Crippen molar-refractivity contribution in [3.8, 4) is 0 Å². The minimum Gasteiger partial charge on any atom is -0.480 e. The van der Waals surface area contributed by atoms with Crippen molar-refractivity contribution in [1.29, 1.82) is 0 Å². The van der Waals surface area contributed by atoms with Crippen LogP contribution >= 0.6 is 11.8 Å². The lowest BCUT2D eigenvalue weighted by Crippen LogP contribution is -2.42. The Bertz CT molecular complexity index is 514. The number of rotatable bonds is 8. The molecule has 0 saturated heterocycles. The summed E-state index contributed by atoms with van der Waals surface area (Å²) in [6, 6.07) is 0.137. The highest BCUT2D eigenvalue weighted by Crippen LogP contribution is 2.19. The summed E-state index contributed by atoms with van der Waals surface area (Å²) in [5, 5.41) is 16.9. The van der Waals surface area contributed by atoms with E-state index in [1.807, 2.05) is 13.8 Å². The number of carboxylic acid groups (broad SMARTS) is 1. The van der Waals surface area contributed by atoms with E-state index < -0.39 is 30.9 Å². The summed E-state index contributed by atoms with van der Waals surface area (Å²) in [5.74, 6) is -2.52. The van der Waals surface area contributed by atoms with Gasteiger partial charge in [-0.25, -0.2) is 0 Å². The van der Waals surface area contributed by atoms with E-state index in [4.69, 9.17) is 10.8 Å². The van der Waals surface area contributed by atoms with Crippen LogP contribution < -0.4 is 5.73 Å². The van der Waals surface area contributed by atoms with E-state index in [1.165, 1.54) is 0 Å². The van der Waals surface area contributed by atoms with Gasteiger partial charge >= 0.3 is 5.97 Å². The predicted octanol–water partition coefficient (Wildman–Crippen LogP) is -0.650. The first-order chi connectivity index (χ1) is 9.81. The minimum absolute atomic E-state index is 0.0496. The number of carboxylic acids is 1. The first-order valence-corrected chi connectivity index (χ1v) is 7.10. The quantitative estimate of drug-likeness (QED) is 0.609. The molecule has 21 heavy (non-hydrogen) atoms. The molecular weight excluding hydrogens is 298 g/mol. The molecule has 1 heterocycles. The van der Waals surface area contributed by atoms with Crippen LogP contribution in [0.1, 0.15) is 19.9 Å². The molecule has 0 spiro atoms. The number of aliphatic carboxylic acids is 1. The lowest BCUT2D eigenvalue weighted by Gasteiger charge is -2.18. The Labute approximate surface area is 125 Å². The zero-order valence-electron chi connectivity index (χ0n) is 11.7. The van der Waals surface area contributed by atoms with Gasteiger partial charge in [-0.2, -0.15) is 0 Å². The van der Waals surface area contributed by atoms with Crippen LogP contribution in [0.5, 0.6) is 0 Å². The minimum atomic E-state index is -1.21. The van der Waals surface area contributed by atoms with Gasteiger partial charge in [-0.3, -0.25) is 14.4 Å². The number of thioether (sulfide) groups is 1. The fourth-order valence-corrected chi connectivity index (χ4v) is 2.44. The zero-order valence-corrected chi connectivity index (χ0v) is 12.5. The van der Waals surface area contributed by atoms with Crippen LogP contribution in [0.4, 0.5) is 0 Å². The van der Waals surface area contributed by atoms with Gasteiger partial charge in [0, 0.05) is 6.04 Å². The SMILES string of the molecule is CC(C)n1cnnc1SCC(=O)N(CC(N)=O)CC(=O)O. The Balaban J connectivity index is 2.66. The molecule has 0 atom stereocenters. The standard InChI is InChI=1S/C11H17N5O4S/c1-7(2)16-6-13-14-11(16)21-5-9(18)15(3-8(12)17)4-10(19)20/h6-7H,3-5H2,1-2H3,(H2,12,17)(H,19,20). The summed E-state index contributed by atoms with van der Waals surface area (Å²) in [7, 11) is 0. The third-order valence-corrected chi connectivity index (χ3v) is 3.39. The molecule has 0 fully saturated rings. The van der Waals surface area contributed by atoms with Gasteiger partial charge in [0.05, 0.1) is 12.3 Å². The topological polar surface area (TPSA) is 131 Å². The van der Waals surface area contributed by atoms with Gasteiger partial charge in [-0.1, -0.05) is 11.8 Å². The van der Waals surface area contributed by atoms with E-state index >= 15 is 0 Å². The highest BCUT2D eigenvalue weighted by atomic mass is 32.2. The van der Waals surface area contributed by atoms with Crippen LogP contribution in [0, 0.1) is 0 Å². The maximum absolute atomic E-state index is 12.0. The number of hydrogen-bond acceptors (Lipinski definition) is 6. The third kappa shape index (κ3) is 5.42. The van der Waals surface area contributed by atoms with Crippen molar-refractivity contribution in [2.24, 2.45) is 5.73 Å². The highest BCUT2D eigenvalue weighted by molar-refractivity contribution is 7.99. The number of carbonyl (C=O) groups is 3. The second-order valence-corrected chi connectivity index (χ2v) is 5.46. The summed E-state index contributed by atoms with van der Waals surface area (Å²) in [4.78, 5) is 34.4. The molecule has 0 radical (unpaired) electrons. The van der Waals surface area contributed by atoms with E-state index in [9.17, 15) is 14.4 Å². The van der Waals surface area contributed by atoms with Crippen molar-refractivity contribution in [2.45, 2.75) is 25.0 Å². The van der Waals surface area contributed by atoms with Crippen molar-refractivity contribution in [1.82, 2.24) is 19.7 Å². The average Bonchev–Trinajstić information content (AvgIpc) is 2.82. The molecule has 1 aromatic heterocycles. The van der Waals surface area contributed by atoms with Crippen molar-refractivity contribution >= 4 is 29.5 Å². The van der Waals surface area contributed by atoms with E-state index in [2.05, 4.69) is 10.2 Å². The molecule has 9 nitrogen and oxygen atoms in total. The Hall–Kier alpha value is -2.10. The smallest absolute Gasteiger partial charge is 0.323 e. The molecule has 1 rings (SSSR count). The number of carbonyl (C=O) groups excluding carboxylic acids is 2. The molecule has 0 aliphatic rings. The molecule has 0 aromatic carbocycles. The van der Waals surface area contributed by atoms with Gasteiger partial charge in [-0.15, -0.1) is 10.2 Å². The van der Waals surface area contributed by atoms with Gasteiger partial charge in [0.1, 0.15) is 12.9 Å².